The van der Waals surface area contributed by atoms with Crippen LogP contribution in [0.1, 0.15) is 39.5 Å². The van der Waals surface area contributed by atoms with Crippen LogP contribution in [0.15, 0.2) is 0 Å². The van der Waals surface area contributed by atoms with E-state index < -0.39 is 0 Å². The summed E-state index contributed by atoms with van der Waals surface area (Å²) in [5.41, 5.74) is 5.93. The zero-order chi connectivity index (χ0) is 12.1. The van der Waals surface area contributed by atoms with Crippen LogP contribution in [-0.4, -0.2) is 31.2 Å². The van der Waals surface area contributed by atoms with Crippen LogP contribution in [0.5, 0.6) is 0 Å². The molecule has 0 bridgehead atoms. The number of carbonyl (C=O) groups excluding carboxylic acids is 1. The largest absolute Gasteiger partial charge is 0.468 e. The lowest BCUT2D eigenvalue weighted by molar-refractivity contribution is -0.144. The Hall–Kier alpha value is -0.610. The van der Waals surface area contributed by atoms with Crippen LogP contribution in [0.4, 0.5) is 0 Å². The highest BCUT2D eigenvalue weighted by Crippen LogP contribution is 2.18. The molecular formula is C12H24N2O2. The van der Waals surface area contributed by atoms with Gasteiger partial charge in [0, 0.05) is 12.1 Å². The van der Waals surface area contributed by atoms with E-state index in [9.17, 15) is 4.79 Å². The zero-order valence-electron chi connectivity index (χ0n) is 10.5. The summed E-state index contributed by atoms with van der Waals surface area (Å²) < 4.78 is 4.81. The molecule has 0 aromatic carbocycles. The van der Waals surface area contributed by atoms with Gasteiger partial charge >= 0.3 is 5.97 Å². The first-order valence-corrected chi connectivity index (χ1v) is 6.14. The molecule has 1 saturated carbocycles. The van der Waals surface area contributed by atoms with Crippen molar-refractivity contribution in [2.24, 2.45) is 11.7 Å². The maximum absolute atomic E-state index is 11.6. The predicted molar refractivity (Wildman–Crippen MR) is 64.0 cm³/mol. The molecule has 0 spiro atoms. The quantitative estimate of drug-likeness (QED) is 0.706. The van der Waals surface area contributed by atoms with Crippen LogP contribution in [0.25, 0.3) is 0 Å². The van der Waals surface area contributed by atoms with E-state index in [-0.39, 0.29) is 24.0 Å². The van der Waals surface area contributed by atoms with Crippen molar-refractivity contribution < 1.29 is 9.53 Å². The van der Waals surface area contributed by atoms with E-state index in [0.29, 0.717) is 6.04 Å². The molecule has 1 aliphatic carbocycles. The zero-order valence-corrected chi connectivity index (χ0v) is 10.5. The van der Waals surface area contributed by atoms with Crippen molar-refractivity contribution in [3.8, 4) is 0 Å². The van der Waals surface area contributed by atoms with Crippen molar-refractivity contribution in [1.82, 2.24) is 5.32 Å². The number of ether oxygens (including phenoxy) is 1. The number of methoxy groups -OCH3 is 1. The van der Waals surface area contributed by atoms with Gasteiger partial charge in [-0.05, 0) is 25.2 Å². The van der Waals surface area contributed by atoms with Gasteiger partial charge in [0.05, 0.1) is 7.11 Å². The Morgan fingerprint density at radius 2 is 2.12 bits per heavy atom. The summed E-state index contributed by atoms with van der Waals surface area (Å²) >= 11 is 0. The molecule has 0 aromatic rings. The number of hydrogen-bond donors (Lipinski definition) is 2. The Kier molecular flexibility index (Phi) is 5.22. The Bertz CT molecular complexity index is 231. The molecule has 0 aliphatic heterocycles. The van der Waals surface area contributed by atoms with Crippen molar-refractivity contribution in [3.63, 3.8) is 0 Å². The maximum Gasteiger partial charge on any atom is 0.323 e. The third-order valence-electron chi connectivity index (χ3n) is 3.25. The van der Waals surface area contributed by atoms with E-state index in [1.165, 1.54) is 7.11 Å². The van der Waals surface area contributed by atoms with Crippen molar-refractivity contribution in [2.75, 3.05) is 7.11 Å². The average Bonchev–Trinajstić information content (AvgIpc) is 2.24. The molecular weight excluding hydrogens is 204 g/mol. The van der Waals surface area contributed by atoms with E-state index in [0.717, 1.165) is 25.7 Å². The van der Waals surface area contributed by atoms with Gasteiger partial charge in [0.25, 0.3) is 0 Å². The van der Waals surface area contributed by atoms with E-state index in [4.69, 9.17) is 10.5 Å². The van der Waals surface area contributed by atoms with Crippen LogP contribution < -0.4 is 11.1 Å². The van der Waals surface area contributed by atoms with Gasteiger partial charge in [-0.3, -0.25) is 4.79 Å². The van der Waals surface area contributed by atoms with Gasteiger partial charge in [0.2, 0.25) is 0 Å². The molecule has 4 nitrogen and oxygen atoms in total. The number of rotatable bonds is 4. The van der Waals surface area contributed by atoms with Crippen LogP contribution in [0.2, 0.25) is 0 Å². The lowest BCUT2D eigenvalue weighted by Crippen LogP contribution is -2.50. The van der Waals surface area contributed by atoms with Gasteiger partial charge in [-0.2, -0.15) is 0 Å². The summed E-state index contributed by atoms with van der Waals surface area (Å²) in [5, 5.41) is 3.38. The molecule has 1 rings (SSSR count). The van der Waals surface area contributed by atoms with Crippen LogP contribution in [0, 0.1) is 5.92 Å². The summed E-state index contributed by atoms with van der Waals surface area (Å²) in [5.74, 6) is 0.0692. The number of hydrogen-bond acceptors (Lipinski definition) is 4. The first-order chi connectivity index (χ1) is 7.54. The fraction of sp³-hybridized carbons (Fsp3) is 0.917. The van der Waals surface area contributed by atoms with Gasteiger partial charge in [-0.25, -0.2) is 0 Å². The standard InChI is InChI=1S/C12H24N2O2/c1-8(2)11(12(15)16-3)14-10-6-4-5-9(13)7-10/h8-11,14H,4-7,13H2,1-3H3/t9?,10?,11-/m0/s1. The van der Waals surface area contributed by atoms with E-state index in [1.54, 1.807) is 0 Å². The number of esters is 1. The second-order valence-corrected chi connectivity index (χ2v) is 5.04. The van der Waals surface area contributed by atoms with Crippen LogP contribution in [0.3, 0.4) is 0 Å². The lowest BCUT2D eigenvalue weighted by Gasteiger charge is -2.31. The van der Waals surface area contributed by atoms with Crippen molar-refractivity contribution in [2.45, 2.75) is 57.7 Å². The molecule has 0 heterocycles. The predicted octanol–water partition coefficient (Wildman–Crippen LogP) is 1.04. The van der Waals surface area contributed by atoms with E-state index in [1.807, 2.05) is 13.8 Å². The average molecular weight is 228 g/mol. The Labute approximate surface area is 97.9 Å². The number of nitrogens with one attached hydrogen (secondary N) is 1. The first kappa shape index (κ1) is 13.5. The smallest absolute Gasteiger partial charge is 0.323 e. The second kappa shape index (κ2) is 6.21. The molecule has 16 heavy (non-hydrogen) atoms. The van der Waals surface area contributed by atoms with Crippen molar-refractivity contribution in [3.05, 3.63) is 0 Å². The molecule has 4 heteroatoms. The Balaban J connectivity index is 2.50. The molecule has 3 N–H and O–H groups in total. The second-order valence-electron chi connectivity index (χ2n) is 5.04. The van der Waals surface area contributed by atoms with Gasteiger partial charge < -0.3 is 15.8 Å². The van der Waals surface area contributed by atoms with Crippen LogP contribution in [-0.2, 0) is 9.53 Å². The third kappa shape index (κ3) is 3.76. The maximum atomic E-state index is 11.6. The first-order valence-electron chi connectivity index (χ1n) is 6.14. The Morgan fingerprint density at radius 1 is 1.44 bits per heavy atom. The monoisotopic (exact) mass is 228 g/mol. The van der Waals surface area contributed by atoms with Gasteiger partial charge in [0.1, 0.15) is 6.04 Å². The van der Waals surface area contributed by atoms with Gasteiger partial charge in [-0.15, -0.1) is 0 Å². The summed E-state index contributed by atoms with van der Waals surface area (Å²) in [7, 11) is 1.44. The number of nitrogens with two attached hydrogens (primary N) is 1. The fourth-order valence-electron chi connectivity index (χ4n) is 2.29. The molecule has 1 fully saturated rings. The summed E-state index contributed by atoms with van der Waals surface area (Å²) in [6.07, 6.45) is 4.31. The fourth-order valence-corrected chi connectivity index (χ4v) is 2.29. The summed E-state index contributed by atoms with van der Waals surface area (Å²) in [6.45, 7) is 4.05. The van der Waals surface area contributed by atoms with Gasteiger partial charge in [-0.1, -0.05) is 20.3 Å². The van der Waals surface area contributed by atoms with E-state index >= 15 is 0 Å². The highest BCUT2D eigenvalue weighted by Gasteiger charge is 2.28. The van der Waals surface area contributed by atoms with Crippen molar-refractivity contribution in [1.29, 1.82) is 0 Å². The molecule has 0 radical (unpaired) electrons. The molecule has 0 aromatic heterocycles. The molecule has 2 unspecified atom stereocenters. The minimum absolute atomic E-state index is 0.172. The normalized spacial score (nSPS) is 27.8. The van der Waals surface area contributed by atoms with Gasteiger partial charge in [0.15, 0.2) is 0 Å². The molecule has 94 valence electrons. The third-order valence-corrected chi connectivity index (χ3v) is 3.25. The highest BCUT2D eigenvalue weighted by molar-refractivity contribution is 5.75. The minimum atomic E-state index is -0.208. The molecule has 0 saturated heterocycles. The summed E-state index contributed by atoms with van der Waals surface area (Å²) in [6, 6.07) is 0.423. The highest BCUT2D eigenvalue weighted by atomic mass is 16.5. The summed E-state index contributed by atoms with van der Waals surface area (Å²) in [4.78, 5) is 11.6. The molecule has 1 aliphatic rings. The topological polar surface area (TPSA) is 64.3 Å². The van der Waals surface area contributed by atoms with Crippen molar-refractivity contribution >= 4 is 5.97 Å². The minimum Gasteiger partial charge on any atom is -0.468 e. The molecule has 3 atom stereocenters. The lowest BCUT2D eigenvalue weighted by atomic mass is 9.90. The van der Waals surface area contributed by atoms with Crippen LogP contribution >= 0.6 is 0 Å². The number of carbonyl (C=O) groups is 1. The molecule has 0 amide bonds. The Morgan fingerprint density at radius 3 is 2.62 bits per heavy atom. The van der Waals surface area contributed by atoms with E-state index in [2.05, 4.69) is 5.32 Å². The SMILES string of the molecule is COC(=O)[C@@H](NC1CCCC(N)C1)C(C)C.